The Morgan fingerprint density at radius 1 is 1.00 bits per heavy atom. The maximum absolute atomic E-state index is 13.2. The second kappa shape index (κ2) is 8.94. The van der Waals surface area contributed by atoms with E-state index in [0.29, 0.717) is 12.6 Å². The lowest BCUT2D eigenvalue weighted by atomic mass is 9.95. The van der Waals surface area contributed by atoms with Crippen molar-refractivity contribution in [3.05, 3.63) is 82.8 Å². The first-order valence-electron chi connectivity index (χ1n) is 11.5. The molecule has 2 heterocycles. The van der Waals surface area contributed by atoms with Gasteiger partial charge in [-0.2, -0.15) is 4.68 Å². The van der Waals surface area contributed by atoms with Gasteiger partial charge in [-0.05, 0) is 46.9 Å². The largest absolute Gasteiger partial charge is 0.328 e. The zero-order valence-electron chi connectivity index (χ0n) is 18.4. The van der Waals surface area contributed by atoms with Crippen molar-refractivity contribution in [3.8, 4) is 16.8 Å². The van der Waals surface area contributed by atoms with Crippen molar-refractivity contribution in [2.75, 3.05) is 0 Å². The first kappa shape index (κ1) is 20.4. The van der Waals surface area contributed by atoms with E-state index in [2.05, 4.69) is 59.0 Å². The van der Waals surface area contributed by atoms with Gasteiger partial charge in [0, 0.05) is 23.5 Å². The summed E-state index contributed by atoms with van der Waals surface area (Å²) in [6, 6.07) is 16.8. The van der Waals surface area contributed by atoms with Crippen molar-refractivity contribution in [1.29, 1.82) is 0 Å². The Bertz CT molecular complexity index is 1230. The Morgan fingerprint density at radius 3 is 2.50 bits per heavy atom. The van der Waals surface area contributed by atoms with Crippen molar-refractivity contribution >= 4 is 0 Å². The Kier molecular flexibility index (Phi) is 5.71. The fourth-order valence-electron chi connectivity index (χ4n) is 4.78. The first-order chi connectivity index (χ1) is 15.7. The average Bonchev–Trinajstić information content (AvgIpc) is 3.49. The third kappa shape index (κ3) is 3.90. The van der Waals surface area contributed by atoms with Crippen LogP contribution in [-0.2, 0) is 13.0 Å². The van der Waals surface area contributed by atoms with E-state index < -0.39 is 0 Å². The molecule has 0 spiro atoms. The Morgan fingerprint density at radius 2 is 1.78 bits per heavy atom. The normalized spacial score (nSPS) is 14.7. The SMILES string of the molecule is CCc1cn(C2CCCCC2)c(=O)n1Cc1ccc(-c2ccccc2-n2cnnn2)cc1. The molecule has 7 nitrogen and oxygen atoms in total. The molecule has 0 N–H and O–H groups in total. The average molecular weight is 429 g/mol. The van der Waals surface area contributed by atoms with E-state index in [-0.39, 0.29) is 5.69 Å². The topological polar surface area (TPSA) is 70.5 Å². The van der Waals surface area contributed by atoms with Crippen LogP contribution in [0.2, 0.25) is 0 Å². The number of hydrogen-bond acceptors (Lipinski definition) is 4. The lowest BCUT2D eigenvalue weighted by Crippen LogP contribution is -2.29. The summed E-state index contributed by atoms with van der Waals surface area (Å²) in [6.45, 7) is 2.71. The Labute approximate surface area is 187 Å². The number of tetrazole rings is 1. The molecule has 1 saturated carbocycles. The highest BCUT2D eigenvalue weighted by atomic mass is 16.1. The molecule has 0 unspecified atom stereocenters. The van der Waals surface area contributed by atoms with Crippen molar-refractivity contribution < 1.29 is 0 Å². The smallest absolute Gasteiger partial charge is 0.296 e. The van der Waals surface area contributed by atoms with Gasteiger partial charge in [-0.1, -0.05) is 68.7 Å². The van der Waals surface area contributed by atoms with Crippen LogP contribution in [0.15, 0.2) is 65.8 Å². The second-order valence-corrected chi connectivity index (χ2v) is 8.51. The van der Waals surface area contributed by atoms with Crippen LogP contribution in [0.4, 0.5) is 0 Å². The predicted octanol–water partition coefficient (Wildman–Crippen LogP) is 4.41. The highest BCUT2D eigenvalue weighted by Gasteiger charge is 2.20. The molecule has 0 amide bonds. The van der Waals surface area contributed by atoms with E-state index in [1.165, 1.54) is 19.3 Å². The van der Waals surface area contributed by atoms with Crippen LogP contribution in [0.3, 0.4) is 0 Å². The molecule has 4 aromatic rings. The molecule has 7 heteroatoms. The van der Waals surface area contributed by atoms with E-state index in [9.17, 15) is 4.79 Å². The van der Waals surface area contributed by atoms with Gasteiger partial charge in [0.05, 0.1) is 12.2 Å². The number of para-hydroxylation sites is 1. The summed E-state index contributed by atoms with van der Waals surface area (Å²) in [7, 11) is 0. The van der Waals surface area contributed by atoms with Crippen LogP contribution >= 0.6 is 0 Å². The number of hydrogen-bond donors (Lipinski definition) is 0. The molecular weight excluding hydrogens is 400 g/mol. The van der Waals surface area contributed by atoms with Crippen LogP contribution in [0.5, 0.6) is 0 Å². The van der Waals surface area contributed by atoms with E-state index in [4.69, 9.17) is 0 Å². The number of rotatable bonds is 6. The number of aromatic nitrogens is 6. The molecule has 164 valence electrons. The van der Waals surface area contributed by atoms with Crippen molar-refractivity contribution in [3.63, 3.8) is 0 Å². The van der Waals surface area contributed by atoms with Crippen LogP contribution < -0.4 is 5.69 Å². The molecule has 0 atom stereocenters. The minimum absolute atomic E-state index is 0.127. The van der Waals surface area contributed by atoms with Crippen molar-refractivity contribution in [1.82, 2.24) is 29.3 Å². The van der Waals surface area contributed by atoms with Crippen molar-refractivity contribution in [2.45, 2.75) is 58.0 Å². The Balaban J connectivity index is 1.42. The van der Waals surface area contributed by atoms with Crippen LogP contribution in [0, 0.1) is 0 Å². The summed E-state index contributed by atoms with van der Waals surface area (Å²) in [4.78, 5) is 13.2. The maximum atomic E-state index is 13.2. The molecule has 32 heavy (non-hydrogen) atoms. The van der Waals surface area contributed by atoms with Gasteiger partial charge in [0.2, 0.25) is 0 Å². The summed E-state index contributed by atoms with van der Waals surface area (Å²) < 4.78 is 5.61. The number of aryl methyl sites for hydroxylation is 1. The van der Waals surface area contributed by atoms with E-state index in [1.54, 1.807) is 11.0 Å². The van der Waals surface area contributed by atoms with Gasteiger partial charge < -0.3 is 0 Å². The monoisotopic (exact) mass is 428 g/mol. The van der Waals surface area contributed by atoms with Crippen LogP contribution in [0.25, 0.3) is 16.8 Å². The maximum Gasteiger partial charge on any atom is 0.328 e. The summed E-state index contributed by atoms with van der Waals surface area (Å²) in [5, 5.41) is 11.5. The van der Waals surface area contributed by atoms with E-state index in [0.717, 1.165) is 47.3 Å². The molecular formula is C25H28N6O. The number of imidazole rings is 1. The van der Waals surface area contributed by atoms with Gasteiger partial charge in [-0.3, -0.25) is 9.13 Å². The van der Waals surface area contributed by atoms with Gasteiger partial charge >= 0.3 is 5.69 Å². The number of nitrogens with zero attached hydrogens (tertiary/aromatic N) is 6. The van der Waals surface area contributed by atoms with Gasteiger partial charge in [0.15, 0.2) is 0 Å². The standard InChI is InChI=1S/C25H28N6O/c1-2-21-17-30(22-8-4-3-5-9-22)25(32)29(21)16-19-12-14-20(15-13-19)23-10-6-7-11-24(23)31-18-26-27-28-31/h6-7,10-15,17-18,22H,2-5,8-9,16H2,1H3. The fourth-order valence-corrected chi connectivity index (χ4v) is 4.78. The fraction of sp³-hybridized carbons (Fsp3) is 0.360. The molecule has 1 aliphatic carbocycles. The second-order valence-electron chi connectivity index (χ2n) is 8.51. The first-order valence-corrected chi connectivity index (χ1v) is 11.5. The molecule has 0 aliphatic heterocycles. The molecule has 0 saturated heterocycles. The highest BCUT2D eigenvalue weighted by molar-refractivity contribution is 5.72. The van der Waals surface area contributed by atoms with Crippen LogP contribution in [-0.4, -0.2) is 29.3 Å². The molecule has 1 aliphatic rings. The Hall–Kier alpha value is -3.48. The summed E-state index contributed by atoms with van der Waals surface area (Å²) in [5.41, 5.74) is 5.42. The zero-order chi connectivity index (χ0) is 21.9. The minimum atomic E-state index is 0.127. The molecule has 2 aromatic heterocycles. The molecule has 0 radical (unpaired) electrons. The van der Waals surface area contributed by atoms with E-state index >= 15 is 0 Å². The summed E-state index contributed by atoms with van der Waals surface area (Å²) in [5.74, 6) is 0. The third-order valence-corrected chi connectivity index (χ3v) is 6.52. The van der Waals surface area contributed by atoms with Crippen molar-refractivity contribution in [2.24, 2.45) is 0 Å². The molecule has 5 rings (SSSR count). The van der Waals surface area contributed by atoms with Gasteiger partial charge in [0.1, 0.15) is 6.33 Å². The van der Waals surface area contributed by atoms with Gasteiger partial charge in [-0.15, -0.1) is 5.10 Å². The van der Waals surface area contributed by atoms with Gasteiger partial charge in [0.25, 0.3) is 0 Å². The lowest BCUT2D eigenvalue weighted by molar-refractivity contribution is 0.344. The van der Waals surface area contributed by atoms with Crippen LogP contribution in [0.1, 0.15) is 56.3 Å². The molecule has 2 aromatic carbocycles. The summed E-state index contributed by atoms with van der Waals surface area (Å²) in [6.07, 6.45) is 10.5. The lowest BCUT2D eigenvalue weighted by Gasteiger charge is -2.22. The molecule has 1 fully saturated rings. The molecule has 0 bridgehead atoms. The predicted molar refractivity (Wildman–Crippen MR) is 124 cm³/mol. The van der Waals surface area contributed by atoms with E-state index in [1.807, 2.05) is 27.3 Å². The quantitative estimate of drug-likeness (QED) is 0.456. The minimum Gasteiger partial charge on any atom is -0.296 e. The zero-order valence-corrected chi connectivity index (χ0v) is 18.4. The van der Waals surface area contributed by atoms with Gasteiger partial charge in [-0.25, -0.2) is 4.79 Å². The summed E-state index contributed by atoms with van der Waals surface area (Å²) >= 11 is 0. The third-order valence-electron chi connectivity index (χ3n) is 6.52. The highest BCUT2D eigenvalue weighted by Crippen LogP contribution is 2.28. The number of benzene rings is 2.